The Morgan fingerprint density at radius 3 is 2.67 bits per heavy atom. The van der Waals surface area contributed by atoms with E-state index in [0.717, 1.165) is 5.56 Å². The number of hydrogen-bond donors (Lipinski definition) is 0. The van der Waals surface area contributed by atoms with Crippen LogP contribution in [0.4, 0.5) is 0 Å². The van der Waals surface area contributed by atoms with Crippen molar-refractivity contribution >= 4 is 17.4 Å². The Morgan fingerprint density at radius 2 is 2.17 bits per heavy atom. The third-order valence-corrected chi connectivity index (χ3v) is 3.66. The lowest BCUT2D eigenvalue weighted by Crippen LogP contribution is -2.32. The summed E-state index contributed by atoms with van der Waals surface area (Å²) in [6, 6.07) is 5.51. The van der Waals surface area contributed by atoms with Gasteiger partial charge in [-0.1, -0.05) is 42.0 Å². The van der Waals surface area contributed by atoms with Gasteiger partial charge in [-0.25, -0.2) is 0 Å². The first-order valence-electron chi connectivity index (χ1n) is 5.79. The molecule has 0 aromatic heterocycles. The normalized spacial score (nSPS) is 21.9. The molecule has 0 radical (unpaired) electrons. The lowest BCUT2D eigenvalue weighted by atomic mass is 9.72. The van der Waals surface area contributed by atoms with Crippen molar-refractivity contribution < 1.29 is 9.53 Å². The third-order valence-electron chi connectivity index (χ3n) is 3.36. The van der Waals surface area contributed by atoms with Gasteiger partial charge in [-0.3, -0.25) is 4.79 Å². The number of carbonyl (C=O) groups excluding carboxylic acids is 1. The Kier molecular flexibility index (Phi) is 3.58. The molecule has 0 saturated heterocycles. The fourth-order valence-corrected chi connectivity index (χ4v) is 2.50. The molecule has 1 atom stereocenters. The summed E-state index contributed by atoms with van der Waals surface area (Å²) in [5, 5.41) is 0.526. The van der Waals surface area contributed by atoms with E-state index in [2.05, 4.69) is 0 Å². The molecule has 0 saturated carbocycles. The topological polar surface area (TPSA) is 26.3 Å². The number of allylic oxidation sites excluding steroid dienone is 4. The van der Waals surface area contributed by atoms with E-state index in [1.807, 2.05) is 36.4 Å². The number of carbonyl (C=O) groups is 1. The Labute approximate surface area is 112 Å². The first-order chi connectivity index (χ1) is 8.60. The Morgan fingerprint density at radius 1 is 1.39 bits per heavy atom. The van der Waals surface area contributed by atoms with Crippen molar-refractivity contribution in [2.24, 2.45) is 0 Å². The van der Waals surface area contributed by atoms with Crippen molar-refractivity contribution in [2.75, 3.05) is 7.11 Å². The molecule has 94 valence electrons. The summed E-state index contributed by atoms with van der Waals surface area (Å²) in [7, 11) is 1.57. The number of ketones is 1. The number of hydrogen-bond acceptors (Lipinski definition) is 2. The smallest absolute Gasteiger partial charge is 0.144 e. The van der Waals surface area contributed by atoms with E-state index in [0.29, 0.717) is 17.2 Å². The van der Waals surface area contributed by atoms with E-state index in [4.69, 9.17) is 16.3 Å². The average Bonchev–Trinajstić information content (AvgIpc) is 2.39. The minimum atomic E-state index is -0.593. The summed E-state index contributed by atoms with van der Waals surface area (Å²) in [5.74, 6) is 0.735. The van der Waals surface area contributed by atoms with Crippen molar-refractivity contribution in [2.45, 2.75) is 18.8 Å². The second-order valence-electron chi connectivity index (χ2n) is 4.37. The second kappa shape index (κ2) is 4.99. The van der Waals surface area contributed by atoms with Gasteiger partial charge in [0.05, 0.1) is 17.5 Å². The molecular weight excluding hydrogens is 248 g/mol. The quantitative estimate of drug-likeness (QED) is 0.830. The van der Waals surface area contributed by atoms with Crippen LogP contribution in [0.25, 0.3) is 0 Å². The van der Waals surface area contributed by atoms with Crippen LogP contribution < -0.4 is 4.74 Å². The van der Waals surface area contributed by atoms with Crippen LogP contribution in [-0.2, 0) is 10.2 Å². The Balaban J connectivity index is 2.51. The molecule has 2 nitrogen and oxygen atoms in total. The third kappa shape index (κ3) is 2.08. The highest BCUT2D eigenvalue weighted by Crippen LogP contribution is 2.37. The van der Waals surface area contributed by atoms with Crippen molar-refractivity contribution in [3.8, 4) is 5.75 Å². The van der Waals surface area contributed by atoms with E-state index >= 15 is 0 Å². The van der Waals surface area contributed by atoms with Crippen LogP contribution in [0.2, 0.25) is 5.02 Å². The zero-order chi connectivity index (χ0) is 13.2. The fourth-order valence-electron chi connectivity index (χ4n) is 2.24. The zero-order valence-electron chi connectivity index (χ0n) is 10.4. The number of methoxy groups -OCH3 is 1. The maximum absolute atomic E-state index is 12.0. The van der Waals surface area contributed by atoms with Gasteiger partial charge in [0.2, 0.25) is 0 Å². The lowest BCUT2D eigenvalue weighted by Gasteiger charge is -2.29. The monoisotopic (exact) mass is 262 g/mol. The molecule has 1 aliphatic carbocycles. The van der Waals surface area contributed by atoms with E-state index < -0.39 is 5.41 Å². The predicted molar refractivity (Wildman–Crippen MR) is 73.3 cm³/mol. The van der Waals surface area contributed by atoms with Gasteiger partial charge in [0.25, 0.3) is 0 Å². The summed E-state index contributed by atoms with van der Waals surface area (Å²) < 4.78 is 5.13. The summed E-state index contributed by atoms with van der Waals surface area (Å²) in [5.41, 5.74) is 0.311. The summed E-state index contributed by atoms with van der Waals surface area (Å²) in [6.45, 7) is 1.61. The minimum Gasteiger partial charge on any atom is -0.495 e. The summed E-state index contributed by atoms with van der Waals surface area (Å²) >= 11 is 6.14. The number of Topliss-reactive ketones (excluding diaryl/α,β-unsaturated/α-hetero) is 1. The van der Waals surface area contributed by atoms with Crippen LogP contribution in [0.3, 0.4) is 0 Å². The maximum Gasteiger partial charge on any atom is 0.144 e. The van der Waals surface area contributed by atoms with Crippen LogP contribution in [0.15, 0.2) is 42.5 Å². The number of rotatable bonds is 3. The average molecular weight is 263 g/mol. The largest absolute Gasteiger partial charge is 0.495 e. The van der Waals surface area contributed by atoms with Gasteiger partial charge in [0, 0.05) is 0 Å². The first-order valence-corrected chi connectivity index (χ1v) is 6.17. The molecule has 1 aromatic carbocycles. The van der Waals surface area contributed by atoms with Crippen molar-refractivity contribution in [3.63, 3.8) is 0 Å². The highest BCUT2D eigenvalue weighted by atomic mass is 35.5. The highest BCUT2D eigenvalue weighted by Gasteiger charge is 2.34. The standard InChI is InChI=1S/C15H15ClO2/c1-11(17)15(8-4-3-5-9-15)12-6-7-14(18-2)13(16)10-12/h3-8,10H,9H2,1-2H3. The van der Waals surface area contributed by atoms with Crippen molar-refractivity contribution in [3.05, 3.63) is 53.1 Å². The molecule has 1 aliphatic rings. The molecule has 0 heterocycles. The number of halogens is 1. The maximum atomic E-state index is 12.0. The number of benzene rings is 1. The Bertz CT molecular complexity index is 531. The van der Waals surface area contributed by atoms with Crippen LogP contribution in [-0.4, -0.2) is 12.9 Å². The summed E-state index contributed by atoms with van der Waals surface area (Å²) in [6.07, 6.45) is 8.46. The molecule has 0 aliphatic heterocycles. The minimum absolute atomic E-state index is 0.115. The predicted octanol–water partition coefficient (Wildman–Crippen LogP) is 3.69. The van der Waals surface area contributed by atoms with Gasteiger partial charge in [-0.15, -0.1) is 0 Å². The van der Waals surface area contributed by atoms with E-state index in [1.165, 1.54) is 0 Å². The second-order valence-corrected chi connectivity index (χ2v) is 4.78. The SMILES string of the molecule is COc1ccc(C2(C(C)=O)C=CC=CC2)cc1Cl. The molecule has 1 unspecified atom stereocenters. The van der Waals surface area contributed by atoms with Crippen LogP contribution in [0.1, 0.15) is 18.9 Å². The summed E-state index contributed by atoms with van der Waals surface area (Å²) in [4.78, 5) is 12.0. The molecule has 0 N–H and O–H groups in total. The van der Waals surface area contributed by atoms with Crippen LogP contribution in [0.5, 0.6) is 5.75 Å². The molecular formula is C15H15ClO2. The molecule has 0 bridgehead atoms. The zero-order valence-corrected chi connectivity index (χ0v) is 11.2. The van der Waals surface area contributed by atoms with Gasteiger partial charge in [-0.05, 0) is 31.0 Å². The first kappa shape index (κ1) is 12.9. The van der Waals surface area contributed by atoms with Crippen LogP contribution >= 0.6 is 11.6 Å². The molecule has 1 aromatic rings. The van der Waals surface area contributed by atoms with E-state index in [9.17, 15) is 4.79 Å². The molecule has 0 fully saturated rings. The van der Waals surface area contributed by atoms with Crippen molar-refractivity contribution in [1.82, 2.24) is 0 Å². The van der Waals surface area contributed by atoms with Crippen molar-refractivity contribution in [1.29, 1.82) is 0 Å². The molecule has 0 spiro atoms. The van der Waals surface area contributed by atoms with E-state index in [-0.39, 0.29) is 5.78 Å². The number of ether oxygens (including phenoxy) is 1. The van der Waals surface area contributed by atoms with Crippen LogP contribution in [0, 0.1) is 0 Å². The van der Waals surface area contributed by atoms with Gasteiger partial charge in [-0.2, -0.15) is 0 Å². The molecule has 2 rings (SSSR count). The van der Waals surface area contributed by atoms with E-state index in [1.54, 1.807) is 20.1 Å². The molecule has 0 amide bonds. The molecule has 18 heavy (non-hydrogen) atoms. The Hall–Kier alpha value is -1.54. The molecule has 3 heteroatoms. The lowest BCUT2D eigenvalue weighted by molar-refractivity contribution is -0.120. The van der Waals surface area contributed by atoms with Gasteiger partial charge >= 0.3 is 0 Å². The van der Waals surface area contributed by atoms with Gasteiger partial charge in [0.1, 0.15) is 11.5 Å². The fraction of sp³-hybridized carbons (Fsp3) is 0.267. The van der Waals surface area contributed by atoms with Gasteiger partial charge < -0.3 is 4.74 Å². The highest BCUT2D eigenvalue weighted by molar-refractivity contribution is 6.32. The van der Waals surface area contributed by atoms with Gasteiger partial charge in [0.15, 0.2) is 0 Å².